The summed E-state index contributed by atoms with van der Waals surface area (Å²) in [5.74, 6) is 3.18. The lowest BCUT2D eigenvalue weighted by Gasteiger charge is -2.36. The van der Waals surface area contributed by atoms with Crippen LogP contribution in [-0.4, -0.2) is 41.3 Å². The van der Waals surface area contributed by atoms with Crippen LogP contribution in [0.1, 0.15) is 29.2 Å². The molecule has 3 aromatic rings. The Bertz CT molecular complexity index is 1200. The van der Waals surface area contributed by atoms with Crippen LogP contribution in [0, 0.1) is 5.92 Å². The lowest BCUT2D eigenvalue weighted by molar-refractivity contribution is -0.215. The molecule has 194 valence electrons. The van der Waals surface area contributed by atoms with E-state index in [0.29, 0.717) is 6.61 Å². The molecule has 37 heavy (non-hydrogen) atoms. The van der Waals surface area contributed by atoms with E-state index >= 15 is 0 Å². The van der Waals surface area contributed by atoms with Gasteiger partial charge in [0.2, 0.25) is 0 Å². The molecule has 6 nitrogen and oxygen atoms in total. The van der Waals surface area contributed by atoms with E-state index < -0.39 is 6.29 Å². The van der Waals surface area contributed by atoms with Crippen LogP contribution in [0.4, 0.5) is 0 Å². The van der Waals surface area contributed by atoms with E-state index in [1.165, 1.54) is 0 Å². The minimum absolute atomic E-state index is 0.0733. The van der Waals surface area contributed by atoms with Crippen LogP contribution in [-0.2, 0) is 9.47 Å². The Morgan fingerprint density at radius 1 is 0.730 bits per heavy atom. The Labute approximate surface area is 219 Å². The highest BCUT2D eigenvalue weighted by Crippen LogP contribution is 2.40. The van der Waals surface area contributed by atoms with Gasteiger partial charge in [0.1, 0.15) is 23.0 Å². The van der Waals surface area contributed by atoms with E-state index in [2.05, 4.69) is 12.1 Å². The third kappa shape index (κ3) is 6.34. The molecule has 0 bridgehead atoms. The lowest BCUT2D eigenvalue weighted by atomic mass is 9.91. The maximum atomic E-state index is 6.50. The maximum absolute atomic E-state index is 6.50. The molecule has 1 heterocycles. The minimum Gasteiger partial charge on any atom is -0.496 e. The fourth-order valence-electron chi connectivity index (χ4n) is 4.51. The smallest absolute Gasteiger partial charge is 0.177 e. The zero-order valence-corrected chi connectivity index (χ0v) is 21.8. The van der Waals surface area contributed by atoms with Crippen molar-refractivity contribution < 1.29 is 28.4 Å². The predicted octanol–water partition coefficient (Wildman–Crippen LogP) is 6.57. The summed E-state index contributed by atoms with van der Waals surface area (Å²) in [6, 6.07) is 21.6. The van der Waals surface area contributed by atoms with Gasteiger partial charge >= 0.3 is 0 Å². The first kappa shape index (κ1) is 26.3. The summed E-state index contributed by atoms with van der Waals surface area (Å²) < 4.78 is 34.8. The van der Waals surface area contributed by atoms with Crippen molar-refractivity contribution in [2.24, 2.45) is 5.92 Å². The van der Waals surface area contributed by atoms with Crippen molar-refractivity contribution in [3.8, 4) is 23.0 Å². The van der Waals surface area contributed by atoms with Gasteiger partial charge in [-0.25, -0.2) is 0 Å². The van der Waals surface area contributed by atoms with Crippen LogP contribution in [0.2, 0.25) is 0 Å². The molecule has 4 rings (SSSR count). The van der Waals surface area contributed by atoms with Gasteiger partial charge in [-0.05, 0) is 36.8 Å². The number of hydrogen-bond acceptors (Lipinski definition) is 6. The number of hydrogen-bond donors (Lipinski definition) is 0. The summed E-state index contributed by atoms with van der Waals surface area (Å²) in [6.45, 7) is 0.525. The summed E-state index contributed by atoms with van der Waals surface area (Å²) in [6.07, 6.45) is 8.04. The standard InChI is InChI=1S/C31H34O6/c1-32-26-15-7-5-11-22(26)19-20-30-36-21-23(31(37-30)25-13-6-8-16-29(25)35-4)12-9-14-24-27(33-2)17-10-18-28(24)34-3/h5-11,13-20,23,30-31H,12,21H2,1-4H3/b14-9+,20-19+/t23-,30-,31-/m1/s1. The molecule has 6 heteroatoms. The van der Waals surface area contributed by atoms with Crippen molar-refractivity contribution >= 4 is 12.2 Å². The fraction of sp³-hybridized carbons (Fsp3) is 0.290. The molecule has 3 aromatic carbocycles. The van der Waals surface area contributed by atoms with Crippen LogP contribution in [0.5, 0.6) is 23.0 Å². The minimum atomic E-state index is -0.505. The molecular weight excluding hydrogens is 468 g/mol. The number of para-hydroxylation sites is 2. The molecule has 0 saturated carbocycles. The number of benzene rings is 3. The third-order valence-electron chi connectivity index (χ3n) is 6.39. The van der Waals surface area contributed by atoms with E-state index in [1.54, 1.807) is 28.4 Å². The van der Waals surface area contributed by atoms with E-state index in [4.69, 9.17) is 28.4 Å². The fourth-order valence-corrected chi connectivity index (χ4v) is 4.51. The van der Waals surface area contributed by atoms with Gasteiger partial charge in [-0.3, -0.25) is 0 Å². The first-order valence-electron chi connectivity index (χ1n) is 12.3. The number of ether oxygens (including phenoxy) is 6. The molecule has 0 aliphatic carbocycles. The normalized spacial score (nSPS) is 19.7. The molecule has 1 saturated heterocycles. The van der Waals surface area contributed by atoms with Crippen LogP contribution in [0.15, 0.2) is 78.9 Å². The van der Waals surface area contributed by atoms with Crippen molar-refractivity contribution in [1.82, 2.24) is 0 Å². The van der Waals surface area contributed by atoms with Crippen molar-refractivity contribution in [3.05, 3.63) is 95.6 Å². The highest BCUT2D eigenvalue weighted by Gasteiger charge is 2.33. The van der Waals surface area contributed by atoms with Crippen molar-refractivity contribution in [1.29, 1.82) is 0 Å². The van der Waals surface area contributed by atoms with E-state index in [1.807, 2.05) is 78.9 Å². The topological polar surface area (TPSA) is 55.4 Å². The molecule has 0 aromatic heterocycles. The average Bonchev–Trinajstić information content (AvgIpc) is 2.96. The Hall–Kier alpha value is -3.74. The Balaban J connectivity index is 1.56. The molecular formula is C31H34O6. The van der Waals surface area contributed by atoms with Gasteiger partial charge in [0, 0.05) is 17.0 Å². The molecule has 0 N–H and O–H groups in total. The first-order valence-corrected chi connectivity index (χ1v) is 12.3. The number of allylic oxidation sites excluding steroid dienone is 1. The van der Waals surface area contributed by atoms with Crippen molar-refractivity contribution in [2.75, 3.05) is 35.0 Å². The summed E-state index contributed by atoms with van der Waals surface area (Å²) in [4.78, 5) is 0. The van der Waals surface area contributed by atoms with Gasteiger partial charge in [0.05, 0.1) is 46.7 Å². The van der Waals surface area contributed by atoms with Gasteiger partial charge in [-0.1, -0.05) is 60.7 Å². The zero-order chi connectivity index (χ0) is 26.0. The lowest BCUT2D eigenvalue weighted by Crippen LogP contribution is -2.34. The molecule has 1 aliphatic heterocycles. The average molecular weight is 503 g/mol. The van der Waals surface area contributed by atoms with E-state index in [9.17, 15) is 0 Å². The monoisotopic (exact) mass is 502 g/mol. The van der Waals surface area contributed by atoms with Gasteiger partial charge in [0.25, 0.3) is 0 Å². The van der Waals surface area contributed by atoms with Crippen LogP contribution in [0.3, 0.4) is 0 Å². The molecule has 0 unspecified atom stereocenters. The molecule has 0 amide bonds. The van der Waals surface area contributed by atoms with Gasteiger partial charge in [-0.15, -0.1) is 0 Å². The highest BCUT2D eigenvalue weighted by atomic mass is 16.7. The summed E-state index contributed by atoms with van der Waals surface area (Å²) >= 11 is 0. The second-order valence-corrected chi connectivity index (χ2v) is 8.58. The molecule has 0 spiro atoms. The van der Waals surface area contributed by atoms with Crippen LogP contribution in [0.25, 0.3) is 12.2 Å². The first-order chi connectivity index (χ1) is 18.2. The number of rotatable bonds is 10. The van der Waals surface area contributed by atoms with Gasteiger partial charge in [0.15, 0.2) is 6.29 Å². The summed E-state index contributed by atoms with van der Waals surface area (Å²) in [5, 5.41) is 0. The molecule has 3 atom stereocenters. The Morgan fingerprint density at radius 2 is 1.35 bits per heavy atom. The predicted molar refractivity (Wildman–Crippen MR) is 145 cm³/mol. The highest BCUT2D eigenvalue weighted by molar-refractivity contribution is 5.64. The number of methoxy groups -OCH3 is 4. The van der Waals surface area contributed by atoms with Crippen LogP contribution < -0.4 is 18.9 Å². The summed E-state index contributed by atoms with van der Waals surface area (Å²) in [7, 11) is 6.66. The SMILES string of the molecule is COc1ccccc1/C=C/[C@@H]1OC[C@@H](C/C=C/c2c(OC)cccc2OC)[C@H](c2ccccc2OC)O1. The van der Waals surface area contributed by atoms with Crippen LogP contribution >= 0.6 is 0 Å². The second kappa shape index (κ2) is 13.0. The molecule has 1 fully saturated rings. The maximum Gasteiger partial charge on any atom is 0.177 e. The van der Waals surface area contributed by atoms with E-state index in [0.717, 1.165) is 46.1 Å². The molecule has 1 aliphatic rings. The van der Waals surface area contributed by atoms with Gasteiger partial charge in [-0.2, -0.15) is 0 Å². The quantitative estimate of drug-likeness (QED) is 0.313. The largest absolute Gasteiger partial charge is 0.496 e. The summed E-state index contributed by atoms with van der Waals surface area (Å²) in [5.41, 5.74) is 2.86. The Morgan fingerprint density at radius 3 is 2.05 bits per heavy atom. The third-order valence-corrected chi connectivity index (χ3v) is 6.39. The van der Waals surface area contributed by atoms with Gasteiger partial charge < -0.3 is 28.4 Å². The van der Waals surface area contributed by atoms with E-state index in [-0.39, 0.29) is 12.0 Å². The van der Waals surface area contributed by atoms with Crippen molar-refractivity contribution in [3.63, 3.8) is 0 Å². The van der Waals surface area contributed by atoms with Crippen molar-refractivity contribution in [2.45, 2.75) is 18.8 Å². The second-order valence-electron chi connectivity index (χ2n) is 8.58. The molecule has 0 radical (unpaired) electrons. The zero-order valence-electron chi connectivity index (χ0n) is 21.8. The Kier molecular flexibility index (Phi) is 9.24.